The molecule has 2 aromatic rings. The van der Waals surface area contributed by atoms with Gasteiger partial charge in [-0.25, -0.2) is 0 Å². The summed E-state index contributed by atoms with van der Waals surface area (Å²) < 4.78 is 11.2. The van der Waals surface area contributed by atoms with E-state index in [1.54, 1.807) is 0 Å². The smallest absolute Gasteiger partial charge is 0.243 e. The van der Waals surface area contributed by atoms with Crippen molar-refractivity contribution >= 4 is 0 Å². The third-order valence-electron chi connectivity index (χ3n) is 4.34. The van der Waals surface area contributed by atoms with Crippen LogP contribution in [0, 0.1) is 0 Å². The number of benzene rings is 1. The molecule has 2 atom stereocenters. The van der Waals surface area contributed by atoms with Gasteiger partial charge in [0.25, 0.3) is 0 Å². The number of fused-ring (bicyclic) bond motifs is 1. The minimum absolute atomic E-state index is 0.177. The zero-order chi connectivity index (χ0) is 14.1. The molecule has 21 heavy (non-hydrogen) atoms. The molecule has 0 spiro atoms. The van der Waals surface area contributed by atoms with Crippen molar-refractivity contribution in [3.8, 4) is 5.75 Å². The fraction of sp³-hybridized carbons (Fsp3) is 0.500. The number of aromatic nitrogens is 2. The number of hydrogen-bond donors (Lipinski definition) is 1. The van der Waals surface area contributed by atoms with E-state index in [0.29, 0.717) is 6.61 Å². The topological polar surface area (TPSA) is 60.2 Å². The van der Waals surface area contributed by atoms with Crippen LogP contribution in [0.4, 0.5) is 0 Å². The quantitative estimate of drug-likeness (QED) is 0.919. The molecule has 2 aliphatic rings. The number of ether oxygens (including phenoxy) is 1. The minimum Gasteiger partial charge on any atom is -0.493 e. The molecule has 1 unspecified atom stereocenters. The minimum atomic E-state index is 0.177. The Kier molecular flexibility index (Phi) is 3.35. The van der Waals surface area contributed by atoms with E-state index in [2.05, 4.69) is 21.5 Å². The zero-order valence-corrected chi connectivity index (χ0v) is 11.9. The summed E-state index contributed by atoms with van der Waals surface area (Å²) >= 11 is 0. The Morgan fingerprint density at radius 3 is 3.00 bits per heavy atom. The maximum Gasteiger partial charge on any atom is 0.243 e. The van der Waals surface area contributed by atoms with Crippen LogP contribution in [0.3, 0.4) is 0 Å². The van der Waals surface area contributed by atoms with Crippen LogP contribution >= 0.6 is 0 Å². The second kappa shape index (κ2) is 5.48. The van der Waals surface area contributed by atoms with Gasteiger partial charge in [0.15, 0.2) is 5.82 Å². The van der Waals surface area contributed by atoms with Crippen LogP contribution in [0.2, 0.25) is 0 Å². The van der Waals surface area contributed by atoms with Crippen molar-refractivity contribution in [1.29, 1.82) is 0 Å². The van der Waals surface area contributed by atoms with Crippen LogP contribution < -0.4 is 10.1 Å². The van der Waals surface area contributed by atoms with Gasteiger partial charge in [-0.2, -0.15) is 4.98 Å². The lowest BCUT2D eigenvalue weighted by Gasteiger charge is -2.23. The van der Waals surface area contributed by atoms with E-state index >= 15 is 0 Å². The number of hydrogen-bond acceptors (Lipinski definition) is 5. The first-order chi connectivity index (χ1) is 10.4. The number of nitrogens with one attached hydrogen (secondary N) is 1. The molecule has 1 saturated heterocycles. The second-order valence-corrected chi connectivity index (χ2v) is 5.72. The number of para-hydroxylation sites is 1. The van der Waals surface area contributed by atoms with E-state index in [0.717, 1.165) is 42.4 Å². The average Bonchev–Trinajstić information content (AvgIpc) is 3.05. The molecule has 0 radical (unpaired) electrons. The zero-order valence-electron chi connectivity index (χ0n) is 11.9. The third kappa shape index (κ3) is 2.42. The lowest BCUT2D eigenvalue weighted by Crippen LogP contribution is -2.27. The van der Waals surface area contributed by atoms with Gasteiger partial charge in [0.05, 0.1) is 18.6 Å². The molecular formula is C16H19N3O2. The Hall–Kier alpha value is -1.88. The average molecular weight is 285 g/mol. The van der Waals surface area contributed by atoms with Crippen LogP contribution in [0.15, 0.2) is 28.8 Å². The fourth-order valence-corrected chi connectivity index (χ4v) is 3.20. The molecule has 1 N–H and O–H groups in total. The standard InChI is InChI=1S/C16H19N3O2/c1-2-7-14-11(5-1)12(8-10-20-14)15-18-16(21-19-15)13-6-3-4-9-17-13/h1-2,5,7,12-13,17H,3-4,6,8-10H2/t12?,13-/m0/s1. The van der Waals surface area contributed by atoms with Crippen LogP contribution in [0.25, 0.3) is 0 Å². The summed E-state index contributed by atoms with van der Waals surface area (Å²) in [5.41, 5.74) is 1.16. The van der Waals surface area contributed by atoms with Crippen molar-refractivity contribution in [2.75, 3.05) is 13.2 Å². The fourth-order valence-electron chi connectivity index (χ4n) is 3.20. The Balaban J connectivity index is 1.61. The van der Waals surface area contributed by atoms with Crippen LogP contribution in [0.1, 0.15) is 54.9 Å². The normalized spacial score (nSPS) is 25.1. The van der Waals surface area contributed by atoms with Crippen LogP contribution in [0.5, 0.6) is 5.75 Å². The maximum absolute atomic E-state index is 5.70. The molecule has 2 aliphatic heterocycles. The molecule has 0 aliphatic carbocycles. The van der Waals surface area contributed by atoms with Gasteiger partial charge in [-0.15, -0.1) is 0 Å². The first-order valence-corrected chi connectivity index (χ1v) is 7.70. The molecule has 110 valence electrons. The molecule has 1 fully saturated rings. The molecule has 4 rings (SSSR count). The van der Waals surface area contributed by atoms with Gasteiger partial charge in [0.2, 0.25) is 5.89 Å². The van der Waals surface area contributed by atoms with E-state index < -0.39 is 0 Å². The van der Waals surface area contributed by atoms with Crippen molar-refractivity contribution in [1.82, 2.24) is 15.5 Å². The first kappa shape index (κ1) is 12.8. The lowest BCUT2D eigenvalue weighted by atomic mass is 9.92. The van der Waals surface area contributed by atoms with E-state index in [-0.39, 0.29) is 12.0 Å². The number of nitrogens with zero attached hydrogens (tertiary/aromatic N) is 2. The summed E-state index contributed by atoms with van der Waals surface area (Å²) in [5, 5.41) is 7.68. The lowest BCUT2D eigenvalue weighted by molar-refractivity contribution is 0.270. The van der Waals surface area contributed by atoms with Gasteiger partial charge in [0, 0.05) is 5.56 Å². The predicted octanol–water partition coefficient (Wildman–Crippen LogP) is 2.80. The Bertz CT molecular complexity index is 619. The number of piperidine rings is 1. The third-order valence-corrected chi connectivity index (χ3v) is 4.34. The summed E-state index contributed by atoms with van der Waals surface area (Å²) in [6, 6.07) is 8.34. The molecular weight excluding hydrogens is 266 g/mol. The van der Waals surface area contributed by atoms with Crippen molar-refractivity contribution in [3.63, 3.8) is 0 Å². The summed E-state index contributed by atoms with van der Waals surface area (Å²) in [6.07, 6.45) is 4.42. The maximum atomic E-state index is 5.70. The van der Waals surface area contributed by atoms with Crippen molar-refractivity contribution < 1.29 is 9.26 Å². The first-order valence-electron chi connectivity index (χ1n) is 7.70. The molecule has 3 heterocycles. The van der Waals surface area contributed by atoms with Crippen molar-refractivity contribution in [2.45, 2.75) is 37.6 Å². The summed E-state index contributed by atoms with van der Waals surface area (Å²) in [4.78, 5) is 4.66. The van der Waals surface area contributed by atoms with Gasteiger partial charge < -0.3 is 14.6 Å². The predicted molar refractivity (Wildman–Crippen MR) is 77.3 cm³/mol. The molecule has 5 heteroatoms. The molecule has 0 saturated carbocycles. The highest BCUT2D eigenvalue weighted by Crippen LogP contribution is 2.37. The molecule has 1 aromatic heterocycles. The van der Waals surface area contributed by atoms with E-state index in [9.17, 15) is 0 Å². The summed E-state index contributed by atoms with van der Waals surface area (Å²) in [7, 11) is 0. The van der Waals surface area contributed by atoms with Gasteiger partial charge in [-0.1, -0.05) is 29.8 Å². The van der Waals surface area contributed by atoms with E-state index in [1.165, 1.54) is 12.8 Å². The SMILES string of the molecule is c1ccc2c(c1)OCCC2c1noc([C@@H]2CCCCN2)n1. The molecule has 5 nitrogen and oxygen atoms in total. The molecule has 0 bridgehead atoms. The van der Waals surface area contributed by atoms with Gasteiger partial charge >= 0.3 is 0 Å². The molecule has 0 amide bonds. The van der Waals surface area contributed by atoms with Crippen molar-refractivity contribution in [2.24, 2.45) is 0 Å². The summed E-state index contributed by atoms with van der Waals surface area (Å²) in [5.74, 6) is 2.63. The van der Waals surface area contributed by atoms with Gasteiger partial charge in [-0.3, -0.25) is 0 Å². The highest BCUT2D eigenvalue weighted by Gasteiger charge is 2.28. The monoisotopic (exact) mass is 285 g/mol. The number of rotatable bonds is 2. The highest BCUT2D eigenvalue weighted by atomic mass is 16.5. The van der Waals surface area contributed by atoms with Gasteiger partial charge in [-0.05, 0) is 31.9 Å². The van der Waals surface area contributed by atoms with E-state index in [4.69, 9.17) is 9.26 Å². The largest absolute Gasteiger partial charge is 0.493 e. The van der Waals surface area contributed by atoms with Crippen molar-refractivity contribution in [3.05, 3.63) is 41.5 Å². The Labute approximate surface area is 123 Å². The second-order valence-electron chi connectivity index (χ2n) is 5.72. The highest BCUT2D eigenvalue weighted by molar-refractivity contribution is 5.40. The van der Waals surface area contributed by atoms with E-state index in [1.807, 2.05) is 18.2 Å². The molecule has 1 aromatic carbocycles. The van der Waals surface area contributed by atoms with Gasteiger partial charge in [0.1, 0.15) is 5.75 Å². The Morgan fingerprint density at radius 2 is 2.10 bits per heavy atom. The Morgan fingerprint density at radius 1 is 1.14 bits per heavy atom. The summed E-state index contributed by atoms with van der Waals surface area (Å²) in [6.45, 7) is 1.73. The van der Waals surface area contributed by atoms with Crippen LogP contribution in [-0.2, 0) is 0 Å². The van der Waals surface area contributed by atoms with Crippen LogP contribution in [-0.4, -0.2) is 23.3 Å².